The molecule has 0 aliphatic carbocycles. The highest BCUT2D eigenvalue weighted by Gasteiger charge is 2.18. The van der Waals surface area contributed by atoms with Crippen LogP contribution in [0.25, 0.3) is 0 Å². The predicted molar refractivity (Wildman–Crippen MR) is 97.1 cm³/mol. The molecule has 2 rings (SSSR count). The van der Waals surface area contributed by atoms with Crippen LogP contribution >= 0.6 is 15.9 Å². The monoisotopic (exact) mass is 428 g/mol. The molecule has 8 heteroatoms. The number of halogens is 3. The summed E-state index contributed by atoms with van der Waals surface area (Å²) in [6.45, 7) is -2.01. The summed E-state index contributed by atoms with van der Waals surface area (Å²) in [6, 6.07) is 12.9. The van der Waals surface area contributed by atoms with Crippen molar-refractivity contribution in [3.8, 4) is 11.5 Å². The van der Waals surface area contributed by atoms with Crippen molar-refractivity contribution in [3.63, 3.8) is 0 Å². The van der Waals surface area contributed by atoms with Crippen molar-refractivity contribution in [2.45, 2.75) is 19.7 Å². The van der Waals surface area contributed by atoms with Gasteiger partial charge in [-0.1, -0.05) is 30.3 Å². The van der Waals surface area contributed by atoms with Crippen molar-refractivity contribution >= 4 is 21.8 Å². The van der Waals surface area contributed by atoms with Crippen molar-refractivity contribution in [1.29, 1.82) is 0 Å². The van der Waals surface area contributed by atoms with E-state index in [0.717, 1.165) is 11.1 Å². The molecule has 0 spiro atoms. The standard InChI is InChI=1S/C18H19BrF2N2O3/c1-25-15-8-13(7-14(19)17(15)26-18(20)21)10-23(11-16(22)24)9-12-5-3-2-4-6-12/h2-8,18H,9-11H2,1H3,(H2,22,24). The van der Waals surface area contributed by atoms with Crippen LogP contribution in [0.15, 0.2) is 46.9 Å². The van der Waals surface area contributed by atoms with Gasteiger partial charge in [-0.25, -0.2) is 0 Å². The second-order valence-corrected chi connectivity index (χ2v) is 6.44. The largest absolute Gasteiger partial charge is 0.493 e. The van der Waals surface area contributed by atoms with Crippen molar-refractivity contribution in [2.75, 3.05) is 13.7 Å². The SMILES string of the molecule is COc1cc(CN(CC(N)=O)Cc2ccccc2)cc(Br)c1OC(F)F. The molecule has 5 nitrogen and oxygen atoms in total. The lowest BCUT2D eigenvalue weighted by Crippen LogP contribution is -2.33. The molecule has 0 radical (unpaired) electrons. The lowest BCUT2D eigenvalue weighted by Gasteiger charge is -2.22. The van der Waals surface area contributed by atoms with Crippen LogP contribution in [0.5, 0.6) is 11.5 Å². The molecule has 0 fully saturated rings. The van der Waals surface area contributed by atoms with Gasteiger partial charge in [-0.15, -0.1) is 0 Å². The smallest absolute Gasteiger partial charge is 0.387 e. The second kappa shape index (κ2) is 9.49. The van der Waals surface area contributed by atoms with Crippen LogP contribution in [0.4, 0.5) is 8.78 Å². The number of amides is 1. The van der Waals surface area contributed by atoms with Crippen LogP contribution in [-0.4, -0.2) is 31.1 Å². The molecule has 0 bridgehead atoms. The van der Waals surface area contributed by atoms with Gasteiger partial charge in [-0.05, 0) is 39.2 Å². The minimum atomic E-state index is -2.96. The first kappa shape index (κ1) is 20.1. The third-order valence-corrected chi connectivity index (χ3v) is 4.12. The molecule has 26 heavy (non-hydrogen) atoms. The van der Waals surface area contributed by atoms with E-state index in [-0.39, 0.29) is 18.0 Å². The summed E-state index contributed by atoms with van der Waals surface area (Å²) in [7, 11) is 1.37. The Morgan fingerprint density at radius 1 is 1.19 bits per heavy atom. The Labute approximate surface area is 158 Å². The Balaban J connectivity index is 2.23. The molecule has 0 saturated heterocycles. The number of hydrogen-bond acceptors (Lipinski definition) is 4. The molecule has 0 aliphatic rings. The average molecular weight is 429 g/mol. The predicted octanol–water partition coefficient (Wildman–Crippen LogP) is 3.55. The Kier molecular flexibility index (Phi) is 7.35. The maximum absolute atomic E-state index is 12.6. The van der Waals surface area contributed by atoms with Gasteiger partial charge in [0, 0.05) is 13.1 Å². The van der Waals surface area contributed by atoms with E-state index in [9.17, 15) is 13.6 Å². The summed E-state index contributed by atoms with van der Waals surface area (Å²) in [5, 5.41) is 0. The topological polar surface area (TPSA) is 64.8 Å². The summed E-state index contributed by atoms with van der Waals surface area (Å²) >= 11 is 3.23. The number of ether oxygens (including phenoxy) is 2. The van der Waals surface area contributed by atoms with Crippen LogP contribution < -0.4 is 15.2 Å². The number of methoxy groups -OCH3 is 1. The summed E-state index contributed by atoms with van der Waals surface area (Å²) in [4.78, 5) is 13.3. The quantitative estimate of drug-likeness (QED) is 0.663. The van der Waals surface area contributed by atoms with Crippen molar-refractivity contribution < 1.29 is 23.0 Å². The number of nitrogens with two attached hydrogens (primary N) is 1. The van der Waals surface area contributed by atoms with Gasteiger partial charge in [0.05, 0.1) is 18.1 Å². The first-order valence-electron chi connectivity index (χ1n) is 7.75. The van der Waals surface area contributed by atoms with E-state index < -0.39 is 12.5 Å². The molecule has 2 aromatic rings. The molecule has 1 amide bonds. The van der Waals surface area contributed by atoms with Crippen LogP contribution in [0.2, 0.25) is 0 Å². The fraction of sp³-hybridized carbons (Fsp3) is 0.278. The minimum absolute atomic E-state index is 0.0596. The van der Waals surface area contributed by atoms with E-state index in [0.29, 0.717) is 17.6 Å². The van der Waals surface area contributed by atoms with Gasteiger partial charge in [-0.3, -0.25) is 9.69 Å². The Morgan fingerprint density at radius 2 is 1.85 bits per heavy atom. The van der Waals surface area contributed by atoms with Crippen molar-refractivity contribution in [1.82, 2.24) is 4.90 Å². The fourth-order valence-electron chi connectivity index (χ4n) is 2.56. The van der Waals surface area contributed by atoms with Gasteiger partial charge in [0.1, 0.15) is 0 Å². The molecule has 0 unspecified atom stereocenters. The van der Waals surface area contributed by atoms with Crippen LogP contribution in [0.3, 0.4) is 0 Å². The zero-order valence-electron chi connectivity index (χ0n) is 14.1. The van der Waals surface area contributed by atoms with E-state index in [1.54, 1.807) is 12.1 Å². The maximum Gasteiger partial charge on any atom is 0.387 e. The molecule has 0 aromatic heterocycles. The van der Waals surface area contributed by atoms with Gasteiger partial charge >= 0.3 is 6.61 Å². The van der Waals surface area contributed by atoms with Crippen LogP contribution in [0, 0.1) is 0 Å². The van der Waals surface area contributed by atoms with Gasteiger partial charge < -0.3 is 15.2 Å². The molecule has 0 saturated carbocycles. The molecular weight excluding hydrogens is 410 g/mol. The van der Waals surface area contributed by atoms with E-state index >= 15 is 0 Å². The Bertz CT molecular complexity index is 745. The minimum Gasteiger partial charge on any atom is -0.493 e. The normalized spacial score (nSPS) is 11.0. The van der Waals surface area contributed by atoms with Gasteiger partial charge in [-0.2, -0.15) is 8.78 Å². The highest BCUT2D eigenvalue weighted by atomic mass is 79.9. The fourth-order valence-corrected chi connectivity index (χ4v) is 3.14. The average Bonchev–Trinajstić information content (AvgIpc) is 2.57. The number of carbonyl (C=O) groups is 1. The number of carbonyl (C=O) groups excluding carboxylic acids is 1. The molecule has 0 heterocycles. The third-order valence-electron chi connectivity index (χ3n) is 3.53. The van der Waals surface area contributed by atoms with Crippen molar-refractivity contribution in [3.05, 3.63) is 58.1 Å². The Morgan fingerprint density at radius 3 is 2.42 bits per heavy atom. The molecular formula is C18H19BrF2N2O3. The number of rotatable bonds is 9. The van der Waals surface area contributed by atoms with Gasteiger partial charge in [0.25, 0.3) is 0 Å². The van der Waals surface area contributed by atoms with E-state index in [4.69, 9.17) is 10.5 Å². The van der Waals surface area contributed by atoms with E-state index in [1.807, 2.05) is 35.2 Å². The first-order valence-corrected chi connectivity index (χ1v) is 8.54. The number of alkyl halides is 2. The van der Waals surface area contributed by atoms with E-state index in [1.165, 1.54) is 7.11 Å². The number of primary amides is 1. The second-order valence-electron chi connectivity index (χ2n) is 5.58. The number of nitrogens with zero attached hydrogens (tertiary/aromatic N) is 1. The summed E-state index contributed by atoms with van der Waals surface area (Å²) < 4.78 is 35.1. The van der Waals surface area contributed by atoms with Gasteiger partial charge in [0.15, 0.2) is 11.5 Å². The zero-order valence-corrected chi connectivity index (χ0v) is 15.7. The van der Waals surface area contributed by atoms with E-state index in [2.05, 4.69) is 20.7 Å². The van der Waals surface area contributed by atoms with Gasteiger partial charge in [0.2, 0.25) is 5.91 Å². The first-order chi connectivity index (χ1) is 12.4. The highest BCUT2D eigenvalue weighted by molar-refractivity contribution is 9.10. The molecule has 2 aromatic carbocycles. The summed E-state index contributed by atoms with van der Waals surface area (Å²) in [5.41, 5.74) is 7.13. The Hall–Kier alpha value is -2.19. The summed E-state index contributed by atoms with van der Waals surface area (Å²) in [5.74, 6) is -0.353. The van der Waals surface area contributed by atoms with Crippen LogP contribution in [0.1, 0.15) is 11.1 Å². The lowest BCUT2D eigenvalue weighted by atomic mass is 10.1. The summed E-state index contributed by atoms with van der Waals surface area (Å²) in [6.07, 6.45) is 0. The zero-order chi connectivity index (χ0) is 19.1. The molecule has 0 atom stereocenters. The third kappa shape index (κ3) is 5.96. The lowest BCUT2D eigenvalue weighted by molar-refractivity contribution is -0.119. The number of hydrogen-bond donors (Lipinski definition) is 1. The maximum atomic E-state index is 12.6. The molecule has 0 aliphatic heterocycles. The van der Waals surface area contributed by atoms with Crippen LogP contribution in [-0.2, 0) is 17.9 Å². The molecule has 140 valence electrons. The highest BCUT2D eigenvalue weighted by Crippen LogP contribution is 2.38. The van der Waals surface area contributed by atoms with Crippen molar-refractivity contribution in [2.24, 2.45) is 5.73 Å². The number of benzene rings is 2. The molecule has 2 N–H and O–H groups in total.